The van der Waals surface area contributed by atoms with Gasteiger partial charge in [-0.15, -0.1) is 0 Å². The zero-order chi connectivity index (χ0) is 13.0. The van der Waals surface area contributed by atoms with Gasteiger partial charge in [0.25, 0.3) is 11.9 Å². The predicted molar refractivity (Wildman–Crippen MR) is 53.6 cm³/mol. The molecule has 3 nitrogen and oxygen atoms in total. The maximum Gasteiger partial charge on any atom is 0.253 e. The number of aromatic nitrogens is 1. The third kappa shape index (κ3) is 3.06. The molecule has 0 aliphatic heterocycles. The van der Waals surface area contributed by atoms with Crippen LogP contribution >= 0.6 is 0 Å². The maximum absolute atomic E-state index is 13.2. The molecule has 0 saturated carbocycles. The summed E-state index contributed by atoms with van der Waals surface area (Å²) in [5, 5.41) is 2.35. The largest absolute Gasteiger partial charge is 0.383 e. The Morgan fingerprint density at radius 1 is 1.18 bits per heavy atom. The lowest BCUT2D eigenvalue weighted by Gasteiger charge is -2.18. The van der Waals surface area contributed by atoms with Crippen molar-refractivity contribution < 1.29 is 22.3 Å². The van der Waals surface area contributed by atoms with Crippen LogP contribution in [0.25, 0.3) is 0 Å². The van der Waals surface area contributed by atoms with Gasteiger partial charge in [0.15, 0.2) is 0 Å². The number of nitrogens with zero attached hydrogens (tertiary/aromatic N) is 1. The molecule has 96 valence electrons. The van der Waals surface area contributed by atoms with Crippen molar-refractivity contribution in [3.63, 3.8) is 0 Å². The molecule has 1 atom stereocenters. The molecule has 1 aromatic rings. The van der Waals surface area contributed by atoms with Gasteiger partial charge in [0, 0.05) is 13.2 Å². The van der Waals surface area contributed by atoms with Crippen molar-refractivity contribution in [3.8, 4) is 0 Å². The Kier molecular flexibility index (Phi) is 4.68. The van der Waals surface area contributed by atoms with E-state index in [2.05, 4.69) is 10.3 Å². The predicted octanol–water partition coefficient (Wildman–Crippen LogP) is 2.47. The van der Waals surface area contributed by atoms with Gasteiger partial charge in [0.05, 0.1) is 6.61 Å². The minimum atomic E-state index is -1.68. The highest BCUT2D eigenvalue weighted by Crippen LogP contribution is 2.23. The van der Waals surface area contributed by atoms with E-state index in [9.17, 15) is 17.6 Å². The number of pyridine rings is 1. The van der Waals surface area contributed by atoms with E-state index in [4.69, 9.17) is 4.74 Å². The van der Waals surface area contributed by atoms with Crippen LogP contribution in [-0.2, 0) is 4.74 Å². The van der Waals surface area contributed by atoms with Gasteiger partial charge in [-0.25, -0.2) is 0 Å². The van der Waals surface area contributed by atoms with E-state index >= 15 is 0 Å². The lowest BCUT2D eigenvalue weighted by atomic mass is 10.2. The molecule has 0 aliphatic carbocycles. The Morgan fingerprint density at radius 2 is 1.71 bits per heavy atom. The average Bonchev–Trinajstić information content (AvgIpc) is 2.30. The van der Waals surface area contributed by atoms with Crippen LogP contribution in [0.5, 0.6) is 0 Å². The topological polar surface area (TPSA) is 34.1 Å². The maximum atomic E-state index is 13.2. The fourth-order valence-corrected chi connectivity index (χ4v) is 1.28. The van der Waals surface area contributed by atoms with Gasteiger partial charge in [0.2, 0.25) is 11.6 Å². The highest BCUT2D eigenvalue weighted by Gasteiger charge is 2.22. The molecule has 0 bridgehead atoms. The second kappa shape index (κ2) is 5.81. The molecule has 7 heteroatoms. The van der Waals surface area contributed by atoms with Gasteiger partial charge in [-0.3, -0.25) is 0 Å². The van der Waals surface area contributed by atoms with E-state index in [1.54, 1.807) is 6.92 Å². The van der Waals surface area contributed by atoms with E-state index in [1.807, 2.05) is 0 Å². The van der Waals surface area contributed by atoms with Crippen LogP contribution in [0.2, 0.25) is 0 Å². The Labute approximate surface area is 95.8 Å². The molecule has 1 N–H and O–H groups in total. The Balaban J connectivity index is 3.04. The van der Waals surface area contributed by atoms with Gasteiger partial charge in [-0.05, 0) is 6.42 Å². The van der Waals surface area contributed by atoms with E-state index in [0.29, 0.717) is 6.42 Å². The Hall–Kier alpha value is -1.37. The van der Waals surface area contributed by atoms with Gasteiger partial charge < -0.3 is 10.1 Å². The first-order valence-corrected chi connectivity index (χ1v) is 4.96. The molecule has 1 unspecified atom stereocenters. The van der Waals surface area contributed by atoms with Crippen molar-refractivity contribution in [2.24, 2.45) is 0 Å². The number of methoxy groups -OCH3 is 1. The van der Waals surface area contributed by atoms with Crippen LogP contribution < -0.4 is 5.32 Å². The molecule has 17 heavy (non-hydrogen) atoms. The minimum Gasteiger partial charge on any atom is -0.383 e. The second-order valence-corrected chi connectivity index (χ2v) is 3.40. The first kappa shape index (κ1) is 13.7. The monoisotopic (exact) mass is 252 g/mol. The van der Waals surface area contributed by atoms with Crippen molar-refractivity contribution in [3.05, 3.63) is 23.5 Å². The van der Waals surface area contributed by atoms with Crippen LogP contribution in [0.15, 0.2) is 0 Å². The molecule has 1 aromatic heterocycles. The van der Waals surface area contributed by atoms with E-state index in [-0.39, 0.29) is 6.61 Å². The fraction of sp³-hybridized carbons (Fsp3) is 0.500. The number of hydrogen-bond donors (Lipinski definition) is 1. The molecule has 0 aliphatic rings. The van der Waals surface area contributed by atoms with Crippen molar-refractivity contribution in [1.82, 2.24) is 4.98 Å². The van der Waals surface area contributed by atoms with Crippen LogP contribution in [0.1, 0.15) is 13.3 Å². The van der Waals surface area contributed by atoms with Crippen molar-refractivity contribution in [1.29, 1.82) is 0 Å². The van der Waals surface area contributed by atoms with Crippen molar-refractivity contribution >= 4 is 5.69 Å². The summed E-state index contributed by atoms with van der Waals surface area (Å²) < 4.78 is 56.9. The lowest BCUT2D eigenvalue weighted by molar-refractivity contribution is 0.184. The Morgan fingerprint density at radius 3 is 2.12 bits per heavy atom. The number of anilines is 1. The molecule has 0 aromatic carbocycles. The second-order valence-electron chi connectivity index (χ2n) is 3.40. The highest BCUT2D eigenvalue weighted by molar-refractivity contribution is 5.46. The molecule has 1 rings (SSSR count). The van der Waals surface area contributed by atoms with Crippen LogP contribution in [0.3, 0.4) is 0 Å². The SMILES string of the molecule is CCC(COC)Nc1c(F)c(F)nc(F)c1F. The van der Waals surface area contributed by atoms with Gasteiger partial charge in [-0.1, -0.05) is 6.92 Å². The summed E-state index contributed by atoms with van der Waals surface area (Å²) in [5.74, 6) is -6.45. The molecule has 0 radical (unpaired) electrons. The lowest BCUT2D eigenvalue weighted by Crippen LogP contribution is -2.26. The third-order valence-corrected chi connectivity index (χ3v) is 2.21. The number of rotatable bonds is 5. The number of nitrogens with one attached hydrogen (secondary N) is 1. The molecule has 0 fully saturated rings. The summed E-state index contributed by atoms with van der Waals surface area (Å²) in [5.41, 5.74) is -0.862. The summed E-state index contributed by atoms with van der Waals surface area (Å²) in [6.07, 6.45) is 0.471. The van der Waals surface area contributed by atoms with Gasteiger partial charge >= 0.3 is 0 Å². The molecule has 0 spiro atoms. The van der Waals surface area contributed by atoms with Gasteiger partial charge in [-0.2, -0.15) is 22.5 Å². The smallest absolute Gasteiger partial charge is 0.253 e. The molecule has 1 heterocycles. The van der Waals surface area contributed by atoms with Gasteiger partial charge in [0.1, 0.15) is 5.69 Å². The highest BCUT2D eigenvalue weighted by atomic mass is 19.2. The first-order valence-electron chi connectivity index (χ1n) is 4.96. The number of hydrogen-bond acceptors (Lipinski definition) is 3. The normalized spacial score (nSPS) is 12.6. The van der Waals surface area contributed by atoms with E-state index in [1.165, 1.54) is 7.11 Å². The zero-order valence-corrected chi connectivity index (χ0v) is 9.36. The van der Waals surface area contributed by atoms with E-state index < -0.39 is 35.3 Å². The van der Waals surface area contributed by atoms with Crippen molar-refractivity contribution in [2.45, 2.75) is 19.4 Å². The minimum absolute atomic E-state index is 0.154. The number of halogens is 4. The standard InChI is InChI=1S/C10H12F4N2O/c1-3-5(4-17-2)15-8-6(11)9(13)16-10(14)7(8)12/h5H,3-4H2,1-2H3,(H,15,16). The van der Waals surface area contributed by atoms with Crippen molar-refractivity contribution in [2.75, 3.05) is 19.0 Å². The molecule has 0 saturated heterocycles. The summed E-state index contributed by atoms with van der Waals surface area (Å²) in [4.78, 5) is 2.46. The van der Waals surface area contributed by atoms with E-state index in [0.717, 1.165) is 0 Å². The summed E-state index contributed by atoms with van der Waals surface area (Å²) in [7, 11) is 1.41. The summed E-state index contributed by atoms with van der Waals surface area (Å²) >= 11 is 0. The fourth-order valence-electron chi connectivity index (χ4n) is 1.28. The molecular formula is C10H12F4N2O. The zero-order valence-electron chi connectivity index (χ0n) is 9.36. The van der Waals surface area contributed by atoms with Crippen LogP contribution in [0.4, 0.5) is 23.2 Å². The summed E-state index contributed by atoms with van der Waals surface area (Å²) in [6, 6.07) is -0.454. The number of ether oxygens (including phenoxy) is 1. The summed E-state index contributed by atoms with van der Waals surface area (Å²) in [6.45, 7) is 1.89. The average molecular weight is 252 g/mol. The first-order chi connectivity index (χ1) is 8.01. The molecule has 0 amide bonds. The third-order valence-electron chi connectivity index (χ3n) is 2.21. The van der Waals surface area contributed by atoms with Crippen LogP contribution in [-0.4, -0.2) is 24.7 Å². The molecular weight excluding hydrogens is 240 g/mol. The quantitative estimate of drug-likeness (QED) is 0.645. The Bertz CT molecular complexity index is 374. The van der Waals surface area contributed by atoms with Crippen LogP contribution in [0, 0.1) is 23.5 Å².